The Morgan fingerprint density at radius 3 is 0.908 bits per heavy atom. The molecule has 2 rings (SSSR count). The molecule has 21 heteroatoms. The Bertz CT molecular complexity index is 1900. The molecule has 10 N–H and O–H groups in total. The molecule has 366 valence electrons. The van der Waals surface area contributed by atoms with Crippen LogP contribution in [-0.4, -0.2) is 238 Å². The summed E-state index contributed by atoms with van der Waals surface area (Å²) in [5, 5.41) is 101. The SMILES string of the molecule is Cc1c(C(=O)N(C)CC(O)CO)c(C)c(N(C)CC(O)C(O)CN(C=O)c2c(C)c(C(=O)N(C)CC(O)CO)c(C)c(C(=O)N(C)CC(O)CO)c2C)c(C)c1C(=O)N(C)CC(O)CO. The standard InChI is InChI=1S/C44H70N6O15/c1-23-35(41(62)46(8)12-29(56)18-51)25(3)39(26(4)36(23)42(63)47(9)13-30(57)19-52)45(7)16-33(60)34(61)17-50(22-55)40-27(5)37(43(64)48(10)14-31(58)20-53)24(2)38(28(40)6)44(65)49(11)15-32(59)21-54/h22,29-34,51-54,56-61H,12-21H2,1-11H3. The molecule has 0 saturated carbocycles. The lowest BCUT2D eigenvalue weighted by Crippen LogP contribution is -2.45. The number of hydrogen-bond donors (Lipinski definition) is 10. The number of rotatable bonds is 24. The normalized spacial score (nSPS) is 14.2. The van der Waals surface area contributed by atoms with E-state index < -0.39 is 93.2 Å². The zero-order chi connectivity index (χ0) is 49.9. The molecule has 0 bridgehead atoms. The Morgan fingerprint density at radius 1 is 0.415 bits per heavy atom. The van der Waals surface area contributed by atoms with Crippen molar-refractivity contribution >= 4 is 41.4 Å². The van der Waals surface area contributed by atoms with Gasteiger partial charge in [-0.2, -0.15) is 0 Å². The van der Waals surface area contributed by atoms with Gasteiger partial charge in [0.25, 0.3) is 23.6 Å². The first kappa shape index (κ1) is 56.3. The zero-order valence-electron chi connectivity index (χ0n) is 39.3. The summed E-state index contributed by atoms with van der Waals surface area (Å²) >= 11 is 0. The van der Waals surface area contributed by atoms with Crippen LogP contribution in [0.25, 0.3) is 0 Å². The van der Waals surface area contributed by atoms with Gasteiger partial charge in [-0.25, -0.2) is 0 Å². The molecule has 0 aliphatic rings. The number of aliphatic hydroxyl groups is 10. The van der Waals surface area contributed by atoms with Crippen molar-refractivity contribution in [2.24, 2.45) is 0 Å². The largest absolute Gasteiger partial charge is 0.394 e. The number of amides is 5. The van der Waals surface area contributed by atoms with E-state index in [0.29, 0.717) is 23.2 Å². The van der Waals surface area contributed by atoms with Gasteiger partial charge in [-0.1, -0.05) is 0 Å². The summed E-state index contributed by atoms with van der Waals surface area (Å²) < 4.78 is 0. The summed E-state index contributed by atoms with van der Waals surface area (Å²) in [5.74, 6) is -2.58. The van der Waals surface area contributed by atoms with Crippen LogP contribution in [-0.2, 0) is 4.79 Å². The molecule has 0 aromatic heterocycles. The number of carbonyl (C=O) groups excluding carboxylic acids is 5. The van der Waals surface area contributed by atoms with Crippen LogP contribution in [0.2, 0.25) is 0 Å². The van der Waals surface area contributed by atoms with E-state index in [4.69, 9.17) is 0 Å². The molecule has 6 unspecified atom stereocenters. The first-order valence-electron chi connectivity index (χ1n) is 21.0. The van der Waals surface area contributed by atoms with Gasteiger partial charge in [0.1, 0.15) is 0 Å². The molecule has 0 spiro atoms. The minimum absolute atomic E-state index is 0.0338. The van der Waals surface area contributed by atoms with Crippen molar-refractivity contribution in [3.8, 4) is 0 Å². The van der Waals surface area contributed by atoms with Crippen molar-refractivity contribution in [2.45, 2.75) is 78.2 Å². The maximum Gasteiger partial charge on any atom is 0.254 e. The molecule has 0 aliphatic carbocycles. The first-order valence-corrected chi connectivity index (χ1v) is 21.0. The lowest BCUT2D eigenvalue weighted by molar-refractivity contribution is -0.108. The van der Waals surface area contributed by atoms with Gasteiger partial charge < -0.3 is 80.5 Å². The molecule has 0 radical (unpaired) electrons. The summed E-state index contributed by atoms with van der Waals surface area (Å²) in [6.45, 7) is 4.77. The summed E-state index contributed by atoms with van der Waals surface area (Å²) in [4.78, 5) is 76.2. The Labute approximate surface area is 379 Å². The van der Waals surface area contributed by atoms with Crippen molar-refractivity contribution in [3.05, 3.63) is 55.6 Å². The Balaban J connectivity index is 2.76. The minimum atomic E-state index is -1.71. The van der Waals surface area contributed by atoms with E-state index in [1.807, 2.05) is 0 Å². The Kier molecular flexibility index (Phi) is 21.3. The third kappa shape index (κ3) is 13.2. The smallest absolute Gasteiger partial charge is 0.254 e. The van der Waals surface area contributed by atoms with E-state index in [0.717, 1.165) is 14.7 Å². The highest BCUT2D eigenvalue weighted by Gasteiger charge is 2.34. The van der Waals surface area contributed by atoms with E-state index in [2.05, 4.69) is 0 Å². The molecule has 2 aromatic rings. The molecular formula is C44H70N6O15. The molecule has 0 heterocycles. The van der Waals surface area contributed by atoms with Gasteiger partial charge in [-0.3, -0.25) is 24.0 Å². The van der Waals surface area contributed by atoms with Gasteiger partial charge in [-0.05, 0) is 74.9 Å². The second kappa shape index (κ2) is 24.6. The van der Waals surface area contributed by atoms with Crippen molar-refractivity contribution in [2.75, 3.05) is 111 Å². The van der Waals surface area contributed by atoms with Crippen molar-refractivity contribution in [3.63, 3.8) is 0 Å². The van der Waals surface area contributed by atoms with Crippen LogP contribution in [0, 0.1) is 41.5 Å². The van der Waals surface area contributed by atoms with E-state index in [-0.39, 0.29) is 82.9 Å². The second-order valence-electron chi connectivity index (χ2n) is 16.8. The highest BCUT2D eigenvalue weighted by atomic mass is 16.3. The van der Waals surface area contributed by atoms with E-state index in [1.165, 1.54) is 70.7 Å². The molecule has 2 aromatic carbocycles. The number of carbonyl (C=O) groups is 5. The van der Waals surface area contributed by atoms with Crippen molar-refractivity contribution in [1.29, 1.82) is 0 Å². The van der Waals surface area contributed by atoms with E-state index in [9.17, 15) is 75.0 Å². The average Bonchev–Trinajstić information content (AvgIpc) is 3.24. The number of anilines is 2. The van der Waals surface area contributed by atoms with Crippen LogP contribution < -0.4 is 9.80 Å². The fourth-order valence-corrected chi connectivity index (χ4v) is 8.29. The van der Waals surface area contributed by atoms with Gasteiger partial charge in [0.2, 0.25) is 6.41 Å². The number of nitrogens with zero attached hydrogens (tertiary/aromatic N) is 6. The van der Waals surface area contributed by atoms with Crippen LogP contribution in [0.15, 0.2) is 0 Å². The van der Waals surface area contributed by atoms with Crippen molar-refractivity contribution in [1.82, 2.24) is 19.6 Å². The third-order valence-corrected chi connectivity index (χ3v) is 11.5. The summed E-state index contributed by atoms with van der Waals surface area (Å²) in [7, 11) is 7.09. The lowest BCUT2D eigenvalue weighted by atomic mass is 9.88. The molecule has 6 atom stereocenters. The number of hydrogen-bond acceptors (Lipinski definition) is 16. The van der Waals surface area contributed by atoms with Crippen molar-refractivity contribution < 1.29 is 75.0 Å². The highest BCUT2D eigenvalue weighted by Crippen LogP contribution is 2.37. The van der Waals surface area contributed by atoms with Gasteiger partial charge in [-0.15, -0.1) is 0 Å². The molecule has 0 fully saturated rings. The zero-order valence-corrected chi connectivity index (χ0v) is 39.3. The second-order valence-corrected chi connectivity index (χ2v) is 16.8. The van der Waals surface area contributed by atoms with Gasteiger partial charge in [0.15, 0.2) is 0 Å². The third-order valence-electron chi connectivity index (χ3n) is 11.5. The predicted octanol–water partition coefficient (Wildman–Crippen LogP) is -2.94. The van der Waals surface area contributed by atoms with Crippen LogP contribution in [0.3, 0.4) is 0 Å². The Morgan fingerprint density at radius 2 is 0.662 bits per heavy atom. The van der Waals surface area contributed by atoms with Gasteiger partial charge >= 0.3 is 0 Å². The number of benzene rings is 2. The van der Waals surface area contributed by atoms with Crippen LogP contribution >= 0.6 is 0 Å². The number of aliphatic hydroxyl groups excluding tert-OH is 10. The van der Waals surface area contributed by atoms with Crippen LogP contribution in [0.1, 0.15) is 74.8 Å². The topological polar surface area (TPSA) is 307 Å². The summed E-state index contributed by atoms with van der Waals surface area (Å²) in [6.07, 6.45) is -8.13. The van der Waals surface area contributed by atoms with Gasteiger partial charge in [0.05, 0.1) is 75.3 Å². The summed E-state index contributed by atoms with van der Waals surface area (Å²) in [6, 6.07) is 0. The molecule has 5 amide bonds. The first-order chi connectivity index (χ1) is 30.3. The monoisotopic (exact) mass is 922 g/mol. The molecular weight excluding hydrogens is 853 g/mol. The molecule has 0 aliphatic heterocycles. The molecule has 21 nitrogen and oxygen atoms in total. The predicted molar refractivity (Wildman–Crippen MR) is 240 cm³/mol. The van der Waals surface area contributed by atoms with Gasteiger partial charge in [0, 0.05) is 95.9 Å². The fourth-order valence-electron chi connectivity index (χ4n) is 8.29. The van der Waals surface area contributed by atoms with Crippen LogP contribution in [0.4, 0.5) is 11.4 Å². The van der Waals surface area contributed by atoms with E-state index >= 15 is 0 Å². The maximum absolute atomic E-state index is 14.0. The quantitative estimate of drug-likeness (QED) is 0.0471. The number of likely N-dealkylation sites (N-methyl/N-ethyl adjacent to an activating group) is 5. The fraction of sp³-hybridized carbons (Fsp3) is 0.614. The molecule has 65 heavy (non-hydrogen) atoms. The van der Waals surface area contributed by atoms with Crippen LogP contribution in [0.5, 0.6) is 0 Å². The highest BCUT2D eigenvalue weighted by molar-refractivity contribution is 6.08. The lowest BCUT2D eigenvalue weighted by Gasteiger charge is -2.34. The molecule has 0 saturated heterocycles. The maximum atomic E-state index is 14.0. The Hall–Kier alpha value is -4.81. The summed E-state index contributed by atoms with van der Waals surface area (Å²) in [5.41, 5.74) is 1.97. The van der Waals surface area contributed by atoms with E-state index in [1.54, 1.807) is 20.8 Å². The average molecular weight is 923 g/mol. The minimum Gasteiger partial charge on any atom is -0.394 e.